The van der Waals surface area contributed by atoms with Gasteiger partial charge in [-0.05, 0) is 50.1 Å². The number of rotatable bonds is 2. The van der Waals surface area contributed by atoms with Crippen LogP contribution in [-0.2, 0) is 0 Å². The summed E-state index contributed by atoms with van der Waals surface area (Å²) >= 11 is 0. The molecule has 3 rings (SSSR count). The highest BCUT2D eigenvalue weighted by molar-refractivity contribution is 5.83. The monoisotopic (exact) mass is 320 g/mol. The zero-order valence-corrected chi connectivity index (χ0v) is 15.0. The number of benzene rings is 2. The molecule has 0 bridgehead atoms. The molecule has 0 fully saturated rings. The van der Waals surface area contributed by atoms with E-state index in [1.54, 1.807) is 6.07 Å². The molecule has 0 N–H and O–H groups in total. The van der Waals surface area contributed by atoms with Gasteiger partial charge in [0.2, 0.25) is 0 Å². The molecule has 2 heteroatoms. The molecule has 3 aromatic rings. The summed E-state index contributed by atoms with van der Waals surface area (Å²) in [6, 6.07) is 15.7. The molecule has 2 nitrogen and oxygen atoms in total. The minimum absolute atomic E-state index is 0.0322. The second-order valence-corrected chi connectivity index (χ2v) is 5.61. The molecule has 0 radical (unpaired) electrons. The Hall–Kier alpha value is -2.61. The lowest BCUT2D eigenvalue weighted by Crippen LogP contribution is -2.07. The summed E-state index contributed by atoms with van der Waals surface area (Å²) in [6.07, 6.45) is 1.94. The second-order valence-electron chi connectivity index (χ2n) is 5.61. The summed E-state index contributed by atoms with van der Waals surface area (Å²) in [4.78, 5) is 12.4. The van der Waals surface area contributed by atoms with Crippen molar-refractivity contribution in [1.82, 2.24) is 0 Å². The third-order valence-corrected chi connectivity index (χ3v) is 3.92. The maximum atomic E-state index is 12.4. The van der Waals surface area contributed by atoms with E-state index >= 15 is 0 Å². The average molecular weight is 320 g/mol. The highest BCUT2D eigenvalue weighted by Gasteiger charge is 2.09. The normalized spacial score (nSPS) is 11.1. The van der Waals surface area contributed by atoms with Crippen LogP contribution < -0.4 is 5.43 Å². The number of aryl methyl sites for hydroxylation is 1. The van der Waals surface area contributed by atoms with Gasteiger partial charge in [-0.15, -0.1) is 0 Å². The second kappa shape index (κ2) is 7.78. The van der Waals surface area contributed by atoms with Crippen molar-refractivity contribution in [2.24, 2.45) is 0 Å². The third-order valence-electron chi connectivity index (χ3n) is 3.92. The minimum atomic E-state index is 0.0322. The first-order valence-electron chi connectivity index (χ1n) is 8.34. The molecule has 0 amide bonds. The highest BCUT2D eigenvalue weighted by atomic mass is 16.3. The van der Waals surface area contributed by atoms with E-state index in [1.165, 1.54) is 5.56 Å². The van der Waals surface area contributed by atoms with E-state index in [2.05, 4.69) is 31.2 Å². The fourth-order valence-electron chi connectivity index (χ4n) is 2.49. The van der Waals surface area contributed by atoms with E-state index in [4.69, 9.17) is 4.42 Å². The predicted octanol–water partition coefficient (Wildman–Crippen LogP) is 6.00. The van der Waals surface area contributed by atoms with Crippen molar-refractivity contribution in [2.45, 2.75) is 34.6 Å². The van der Waals surface area contributed by atoms with Gasteiger partial charge in [-0.25, -0.2) is 0 Å². The first kappa shape index (κ1) is 17.7. The van der Waals surface area contributed by atoms with Crippen LogP contribution in [0, 0.1) is 13.8 Å². The number of hydrogen-bond donors (Lipinski definition) is 0. The van der Waals surface area contributed by atoms with Crippen LogP contribution in [0.3, 0.4) is 0 Å². The number of hydrogen-bond acceptors (Lipinski definition) is 2. The van der Waals surface area contributed by atoms with Crippen molar-refractivity contribution >= 4 is 22.6 Å². The molecule has 0 saturated heterocycles. The molecule has 0 spiro atoms. The van der Waals surface area contributed by atoms with Crippen molar-refractivity contribution in [3.8, 4) is 0 Å². The quantitative estimate of drug-likeness (QED) is 0.580. The van der Waals surface area contributed by atoms with E-state index in [-0.39, 0.29) is 5.43 Å². The zero-order valence-electron chi connectivity index (χ0n) is 15.0. The van der Waals surface area contributed by atoms with Crippen LogP contribution >= 0.6 is 0 Å². The molecule has 0 atom stereocenters. The van der Waals surface area contributed by atoms with Crippen LogP contribution in [0.2, 0.25) is 0 Å². The fourth-order valence-corrected chi connectivity index (χ4v) is 2.49. The first-order valence-corrected chi connectivity index (χ1v) is 8.34. The summed E-state index contributed by atoms with van der Waals surface area (Å²) in [5.74, 6) is 0.627. The lowest BCUT2D eigenvalue weighted by atomic mass is 10.0. The molecule has 0 unspecified atom stereocenters. The average Bonchev–Trinajstić information content (AvgIpc) is 2.61. The smallest absolute Gasteiger partial charge is 0.196 e. The maximum Gasteiger partial charge on any atom is 0.196 e. The van der Waals surface area contributed by atoms with Gasteiger partial charge in [0.15, 0.2) is 5.43 Å². The Kier molecular flexibility index (Phi) is 5.75. The van der Waals surface area contributed by atoms with Crippen LogP contribution in [0.15, 0.2) is 57.7 Å². The summed E-state index contributed by atoms with van der Waals surface area (Å²) in [5, 5.41) is 0.630. The molecule has 24 heavy (non-hydrogen) atoms. The van der Waals surface area contributed by atoms with E-state index in [0.29, 0.717) is 22.3 Å². The van der Waals surface area contributed by atoms with Crippen LogP contribution in [0.25, 0.3) is 22.6 Å². The van der Waals surface area contributed by atoms with E-state index in [9.17, 15) is 4.79 Å². The molecule has 0 saturated carbocycles. The van der Waals surface area contributed by atoms with Gasteiger partial charge in [0, 0.05) is 5.56 Å². The number of fused-ring (bicyclic) bond motifs is 1. The zero-order chi connectivity index (χ0) is 17.7. The molecule has 2 aromatic carbocycles. The molecular weight excluding hydrogens is 296 g/mol. The number of allylic oxidation sites excluding steroid dienone is 1. The van der Waals surface area contributed by atoms with E-state index < -0.39 is 0 Å². The van der Waals surface area contributed by atoms with Gasteiger partial charge in [0.05, 0.1) is 5.39 Å². The van der Waals surface area contributed by atoms with Crippen molar-refractivity contribution in [3.63, 3.8) is 0 Å². The standard InChI is InChI=1S/C20H18O2.C2H6/c1-13-8-10-16(11-9-13)14(2)12-19-15(3)20(21)17-6-4-5-7-18(17)22-19;1-2/h4-12H,1-3H3;1-2H3/b14-12+;. The van der Waals surface area contributed by atoms with Gasteiger partial charge in [-0.1, -0.05) is 55.8 Å². The lowest BCUT2D eigenvalue weighted by Gasteiger charge is -2.06. The Bertz CT molecular complexity index is 913. The molecule has 0 aliphatic heterocycles. The molecular formula is C22H24O2. The van der Waals surface area contributed by atoms with Crippen molar-refractivity contribution < 1.29 is 4.42 Å². The Morgan fingerprint density at radius 3 is 2.25 bits per heavy atom. The van der Waals surface area contributed by atoms with Crippen LogP contribution in [0.5, 0.6) is 0 Å². The van der Waals surface area contributed by atoms with Crippen LogP contribution in [0.1, 0.15) is 43.2 Å². The Balaban J connectivity index is 0.00000100. The summed E-state index contributed by atoms with van der Waals surface area (Å²) < 4.78 is 5.91. The van der Waals surface area contributed by atoms with Gasteiger partial charge in [0.25, 0.3) is 0 Å². The van der Waals surface area contributed by atoms with E-state index in [1.807, 2.05) is 52.0 Å². The van der Waals surface area contributed by atoms with Crippen molar-refractivity contribution in [2.75, 3.05) is 0 Å². The highest BCUT2D eigenvalue weighted by Crippen LogP contribution is 2.22. The summed E-state index contributed by atoms with van der Waals surface area (Å²) in [6.45, 7) is 9.90. The van der Waals surface area contributed by atoms with Crippen LogP contribution in [0.4, 0.5) is 0 Å². The Morgan fingerprint density at radius 1 is 0.958 bits per heavy atom. The topological polar surface area (TPSA) is 30.2 Å². The lowest BCUT2D eigenvalue weighted by molar-refractivity contribution is 0.585. The van der Waals surface area contributed by atoms with Crippen molar-refractivity contribution in [1.29, 1.82) is 0 Å². The van der Waals surface area contributed by atoms with Crippen molar-refractivity contribution in [3.05, 3.63) is 81.2 Å². The minimum Gasteiger partial charge on any atom is -0.456 e. The number of para-hydroxylation sites is 1. The largest absolute Gasteiger partial charge is 0.456 e. The third kappa shape index (κ3) is 3.65. The molecule has 1 heterocycles. The van der Waals surface area contributed by atoms with Gasteiger partial charge in [-0.3, -0.25) is 4.79 Å². The predicted molar refractivity (Wildman–Crippen MR) is 103 cm³/mol. The molecule has 124 valence electrons. The van der Waals surface area contributed by atoms with Gasteiger partial charge in [-0.2, -0.15) is 0 Å². The molecule has 0 aliphatic carbocycles. The maximum absolute atomic E-state index is 12.4. The Labute approximate surface area is 143 Å². The fraction of sp³-hybridized carbons (Fsp3) is 0.227. The van der Waals surface area contributed by atoms with Gasteiger partial charge < -0.3 is 4.42 Å². The molecule has 1 aromatic heterocycles. The van der Waals surface area contributed by atoms with Gasteiger partial charge >= 0.3 is 0 Å². The summed E-state index contributed by atoms with van der Waals surface area (Å²) in [5.41, 5.74) is 4.73. The van der Waals surface area contributed by atoms with Crippen LogP contribution in [-0.4, -0.2) is 0 Å². The Morgan fingerprint density at radius 2 is 1.58 bits per heavy atom. The summed E-state index contributed by atoms with van der Waals surface area (Å²) in [7, 11) is 0. The van der Waals surface area contributed by atoms with Gasteiger partial charge in [0.1, 0.15) is 11.3 Å². The van der Waals surface area contributed by atoms with E-state index in [0.717, 1.165) is 11.1 Å². The SMILES string of the molecule is C/C(=C\c1oc2ccccc2c(=O)c1C)c1ccc(C)cc1.CC. The first-order chi connectivity index (χ1) is 11.6. The molecule has 0 aliphatic rings.